The van der Waals surface area contributed by atoms with Crippen molar-refractivity contribution < 1.29 is 14.3 Å². The average molecular weight is 480 g/mol. The molecule has 0 bridgehead atoms. The monoisotopic (exact) mass is 479 g/mol. The van der Waals surface area contributed by atoms with Crippen LogP contribution in [0.4, 0.5) is 11.4 Å². The number of ether oxygens (including phenoxy) is 1. The van der Waals surface area contributed by atoms with Crippen LogP contribution in [0.1, 0.15) is 65.1 Å². The Labute approximate surface area is 208 Å². The van der Waals surface area contributed by atoms with Gasteiger partial charge in [-0.05, 0) is 42.2 Å². The quantitative estimate of drug-likeness (QED) is 0.497. The molecular weight excluding hydrogens is 442 g/mol. The maximum absolute atomic E-state index is 13.4. The molecule has 35 heavy (non-hydrogen) atoms. The Kier molecular flexibility index (Phi) is 7.43. The number of benzene rings is 2. The van der Waals surface area contributed by atoms with Gasteiger partial charge in [-0.1, -0.05) is 20.8 Å². The van der Waals surface area contributed by atoms with Crippen LogP contribution in [0.25, 0.3) is 0 Å². The molecule has 0 saturated carbocycles. The van der Waals surface area contributed by atoms with Crippen molar-refractivity contribution in [1.29, 1.82) is 5.41 Å². The summed E-state index contributed by atoms with van der Waals surface area (Å²) in [5.74, 6) is 0.715. The lowest BCUT2D eigenvalue weighted by atomic mass is 9.84. The third-order valence-electron chi connectivity index (χ3n) is 6.23. The number of hydrogen-bond donors (Lipinski definition) is 3. The Hall–Kier alpha value is -3.55. The van der Waals surface area contributed by atoms with Crippen LogP contribution in [-0.2, 0) is 12.0 Å². The Balaban J connectivity index is 1.95. The number of carbonyl (C=O) groups excluding carboxylic acids is 2. The molecule has 2 aromatic carbocycles. The van der Waals surface area contributed by atoms with Gasteiger partial charge in [0, 0.05) is 56.6 Å². The van der Waals surface area contributed by atoms with E-state index in [1.165, 1.54) is 0 Å². The van der Waals surface area contributed by atoms with Gasteiger partial charge in [-0.3, -0.25) is 15.0 Å². The first-order chi connectivity index (χ1) is 16.4. The number of amides is 1. The Bertz CT molecular complexity index is 1160. The first-order valence-electron chi connectivity index (χ1n) is 11.8. The van der Waals surface area contributed by atoms with Crippen molar-refractivity contribution >= 4 is 28.9 Å². The van der Waals surface area contributed by atoms with E-state index >= 15 is 0 Å². The summed E-state index contributed by atoms with van der Waals surface area (Å²) in [4.78, 5) is 29.5. The molecule has 3 N–H and O–H groups in total. The van der Waals surface area contributed by atoms with Crippen LogP contribution < -0.4 is 20.3 Å². The maximum Gasteiger partial charge on any atom is 0.253 e. The number of hydrogen-bond acceptors (Lipinski definition) is 6. The van der Waals surface area contributed by atoms with Crippen LogP contribution >= 0.6 is 0 Å². The summed E-state index contributed by atoms with van der Waals surface area (Å²) in [5, 5.41) is 14.7. The third-order valence-corrected chi connectivity index (χ3v) is 6.23. The second-order valence-corrected chi connectivity index (χ2v) is 10.0. The normalized spacial score (nSPS) is 12.9. The molecule has 0 atom stereocenters. The smallest absolute Gasteiger partial charge is 0.253 e. The van der Waals surface area contributed by atoms with Crippen LogP contribution in [0, 0.1) is 5.41 Å². The molecule has 0 saturated heterocycles. The molecule has 0 radical (unpaired) electrons. The van der Waals surface area contributed by atoms with E-state index in [2.05, 4.69) is 31.4 Å². The number of methoxy groups -OCH3 is 1. The summed E-state index contributed by atoms with van der Waals surface area (Å²) >= 11 is 0. The fourth-order valence-electron chi connectivity index (χ4n) is 4.41. The summed E-state index contributed by atoms with van der Waals surface area (Å²) in [6.07, 6.45) is 0. The number of amidine groups is 1. The molecule has 0 fully saturated rings. The number of fused-ring (bicyclic) bond motifs is 1. The standard InChI is InChI=1S/C27H37N5O3/c1-9-30-21-11-16(10-20(24(21)35-8)27(2,3)4)23(33)15-32-14-17-12-22(31(6)7)19(26(34)29-5)13-18(17)25(32)28/h10-13,28,30H,9,14-15H2,1-8H3,(H,29,34). The predicted octanol–water partition coefficient (Wildman–Crippen LogP) is 3.87. The van der Waals surface area contributed by atoms with Gasteiger partial charge in [0.1, 0.15) is 11.6 Å². The van der Waals surface area contributed by atoms with Crippen LogP contribution in [-0.4, -0.2) is 63.8 Å². The lowest BCUT2D eigenvalue weighted by Crippen LogP contribution is -2.30. The van der Waals surface area contributed by atoms with E-state index in [1.807, 2.05) is 44.1 Å². The van der Waals surface area contributed by atoms with Crippen LogP contribution in [0.2, 0.25) is 0 Å². The second kappa shape index (κ2) is 9.98. The largest absolute Gasteiger partial charge is 0.494 e. The number of ketones is 1. The zero-order valence-electron chi connectivity index (χ0n) is 22.0. The molecule has 0 spiro atoms. The first-order valence-corrected chi connectivity index (χ1v) is 11.8. The average Bonchev–Trinajstić information content (AvgIpc) is 3.10. The van der Waals surface area contributed by atoms with Crippen LogP contribution in [0.3, 0.4) is 0 Å². The van der Waals surface area contributed by atoms with Crippen molar-refractivity contribution in [3.8, 4) is 5.75 Å². The fourth-order valence-corrected chi connectivity index (χ4v) is 4.41. The van der Waals surface area contributed by atoms with Gasteiger partial charge in [0.25, 0.3) is 5.91 Å². The molecule has 0 unspecified atom stereocenters. The van der Waals surface area contributed by atoms with Gasteiger partial charge in [0.2, 0.25) is 0 Å². The lowest BCUT2D eigenvalue weighted by Gasteiger charge is -2.26. The number of nitrogens with zero attached hydrogens (tertiary/aromatic N) is 2. The van der Waals surface area contributed by atoms with Crippen molar-refractivity contribution in [2.24, 2.45) is 0 Å². The highest BCUT2D eigenvalue weighted by atomic mass is 16.5. The van der Waals surface area contributed by atoms with Crippen molar-refractivity contribution in [3.63, 3.8) is 0 Å². The minimum Gasteiger partial charge on any atom is -0.494 e. The van der Waals surface area contributed by atoms with Gasteiger partial charge in [0.15, 0.2) is 5.78 Å². The fraction of sp³-hybridized carbons (Fsp3) is 0.444. The molecule has 8 heteroatoms. The Morgan fingerprint density at radius 3 is 2.40 bits per heavy atom. The second-order valence-electron chi connectivity index (χ2n) is 10.0. The molecule has 0 aromatic heterocycles. The van der Waals surface area contributed by atoms with E-state index in [0.29, 0.717) is 29.8 Å². The summed E-state index contributed by atoms with van der Waals surface area (Å²) in [5.41, 5.74) is 5.00. The van der Waals surface area contributed by atoms with Crippen LogP contribution in [0.15, 0.2) is 24.3 Å². The predicted molar refractivity (Wildman–Crippen MR) is 142 cm³/mol. The molecule has 3 rings (SSSR count). The van der Waals surface area contributed by atoms with E-state index < -0.39 is 0 Å². The third kappa shape index (κ3) is 5.11. The molecule has 1 heterocycles. The maximum atomic E-state index is 13.4. The topological polar surface area (TPSA) is 97.8 Å². The molecule has 1 amide bonds. The van der Waals surface area contributed by atoms with Gasteiger partial charge in [-0.15, -0.1) is 0 Å². The first kappa shape index (κ1) is 26.1. The van der Waals surface area contributed by atoms with Gasteiger partial charge in [0.05, 0.1) is 24.9 Å². The summed E-state index contributed by atoms with van der Waals surface area (Å²) in [6.45, 7) is 9.49. The van der Waals surface area contributed by atoms with Gasteiger partial charge >= 0.3 is 0 Å². The van der Waals surface area contributed by atoms with Crippen molar-refractivity contribution in [2.45, 2.75) is 39.7 Å². The van der Waals surface area contributed by atoms with Crippen LogP contribution in [0.5, 0.6) is 5.75 Å². The Morgan fingerprint density at radius 1 is 1.17 bits per heavy atom. The zero-order chi connectivity index (χ0) is 26.1. The van der Waals surface area contributed by atoms with E-state index in [0.717, 1.165) is 28.3 Å². The van der Waals surface area contributed by atoms with E-state index in [-0.39, 0.29) is 29.5 Å². The van der Waals surface area contributed by atoms with E-state index in [9.17, 15) is 9.59 Å². The van der Waals surface area contributed by atoms with E-state index in [4.69, 9.17) is 10.1 Å². The van der Waals surface area contributed by atoms with Crippen molar-refractivity contribution in [2.75, 3.05) is 51.6 Å². The molecule has 0 aliphatic carbocycles. The number of carbonyl (C=O) groups is 2. The van der Waals surface area contributed by atoms with Gasteiger partial charge < -0.3 is 25.2 Å². The number of nitrogens with one attached hydrogen (secondary N) is 3. The SMILES string of the molecule is CCNc1cc(C(=O)CN2Cc3cc(N(C)C)c(C(=O)NC)cc3C2=N)cc(C(C)(C)C)c1OC. The highest BCUT2D eigenvalue weighted by Gasteiger charge is 2.30. The number of anilines is 2. The summed E-state index contributed by atoms with van der Waals surface area (Å²) in [6, 6.07) is 7.43. The highest BCUT2D eigenvalue weighted by Crippen LogP contribution is 2.38. The van der Waals surface area contributed by atoms with Gasteiger partial charge in [-0.25, -0.2) is 0 Å². The highest BCUT2D eigenvalue weighted by molar-refractivity contribution is 6.08. The molecule has 188 valence electrons. The Morgan fingerprint density at radius 2 is 1.86 bits per heavy atom. The molecule has 2 aromatic rings. The minimum absolute atomic E-state index is 0.0710. The van der Waals surface area contributed by atoms with E-state index in [1.54, 1.807) is 25.1 Å². The minimum atomic E-state index is -0.221. The number of rotatable bonds is 8. The molecular formula is C27H37N5O3. The van der Waals surface area contributed by atoms with Gasteiger partial charge in [-0.2, -0.15) is 0 Å². The molecule has 1 aliphatic rings. The van der Waals surface area contributed by atoms with Crippen molar-refractivity contribution in [1.82, 2.24) is 10.2 Å². The molecule has 8 nitrogen and oxygen atoms in total. The summed E-state index contributed by atoms with van der Waals surface area (Å²) < 4.78 is 5.70. The van der Waals surface area contributed by atoms with Crippen molar-refractivity contribution in [3.05, 3.63) is 52.1 Å². The number of Topliss-reactive ketones (excluding diaryl/α,β-unsaturated/α-hetero) is 1. The zero-order valence-corrected chi connectivity index (χ0v) is 22.0. The molecule has 1 aliphatic heterocycles. The summed E-state index contributed by atoms with van der Waals surface area (Å²) in [7, 11) is 7.00. The lowest BCUT2D eigenvalue weighted by molar-refractivity contribution is 0.0955.